The molecule has 0 bridgehead atoms. The number of carbonyl (C=O) groups excluding carboxylic acids is 2. The summed E-state index contributed by atoms with van der Waals surface area (Å²) in [5.41, 5.74) is -1.56. The van der Waals surface area contributed by atoms with Gasteiger partial charge in [-0.1, -0.05) is 0 Å². The van der Waals surface area contributed by atoms with Gasteiger partial charge in [-0.3, -0.25) is 20.2 Å². The number of hydrogen-bond acceptors (Lipinski definition) is 7. The average molecular weight is 288 g/mol. The number of nitro groups is 2. The van der Waals surface area contributed by atoms with Gasteiger partial charge in [0.15, 0.2) is 5.56 Å². The molecule has 0 aliphatic carbocycles. The van der Waals surface area contributed by atoms with Gasteiger partial charge < -0.3 is 4.74 Å². The maximum Gasteiger partial charge on any atom is 0.353 e. The maximum atomic E-state index is 11.7. The Hall–Kier alpha value is -3.36. The Balaban J connectivity index is 2.46. The molecule has 9 nitrogen and oxygen atoms in total. The Morgan fingerprint density at radius 3 is 2.19 bits per heavy atom. The van der Waals surface area contributed by atoms with Crippen LogP contribution in [0, 0.1) is 20.2 Å². The number of nitrogens with zero attached hydrogens (tertiary/aromatic N) is 2. The summed E-state index contributed by atoms with van der Waals surface area (Å²) in [6, 6.07) is 4.51. The van der Waals surface area contributed by atoms with Crippen molar-refractivity contribution in [2.45, 2.75) is 0 Å². The van der Waals surface area contributed by atoms with Gasteiger partial charge in [-0.05, 0) is 16.8 Å². The fourth-order valence-corrected chi connectivity index (χ4v) is 2.24. The molecular weight excluding hydrogens is 284 g/mol. The molecule has 0 atom stereocenters. The van der Waals surface area contributed by atoms with Crippen LogP contribution in [0.4, 0.5) is 11.4 Å². The molecule has 0 saturated heterocycles. The minimum Gasteiger partial charge on any atom is -0.385 e. The lowest BCUT2D eigenvalue weighted by atomic mass is 9.98. The van der Waals surface area contributed by atoms with Crippen LogP contribution in [0.1, 0.15) is 20.7 Å². The minimum absolute atomic E-state index is 0.112. The van der Waals surface area contributed by atoms with E-state index in [1.54, 1.807) is 0 Å². The van der Waals surface area contributed by atoms with Crippen molar-refractivity contribution < 1.29 is 24.2 Å². The first-order valence-corrected chi connectivity index (χ1v) is 5.56. The summed E-state index contributed by atoms with van der Waals surface area (Å²) in [6.07, 6.45) is 0. The van der Waals surface area contributed by atoms with Crippen molar-refractivity contribution >= 4 is 34.1 Å². The number of esters is 2. The second-order valence-electron chi connectivity index (χ2n) is 4.24. The highest BCUT2D eigenvalue weighted by Gasteiger charge is 2.39. The second-order valence-corrected chi connectivity index (χ2v) is 4.24. The molecule has 0 radical (unpaired) electrons. The van der Waals surface area contributed by atoms with Crippen molar-refractivity contribution in [2.75, 3.05) is 0 Å². The van der Waals surface area contributed by atoms with Gasteiger partial charge in [-0.25, -0.2) is 9.59 Å². The molecule has 1 aliphatic heterocycles. The zero-order chi connectivity index (χ0) is 15.3. The Bertz CT molecular complexity index is 872. The average Bonchev–Trinajstić information content (AvgIpc) is 2.72. The molecule has 2 aromatic carbocycles. The Morgan fingerprint density at radius 2 is 1.57 bits per heavy atom. The minimum atomic E-state index is -1.10. The van der Waals surface area contributed by atoms with Crippen molar-refractivity contribution in [1.29, 1.82) is 0 Å². The summed E-state index contributed by atoms with van der Waals surface area (Å²) in [7, 11) is 0. The number of hydrogen-bond donors (Lipinski definition) is 0. The first-order chi connectivity index (χ1) is 9.90. The van der Waals surface area contributed by atoms with E-state index in [1.807, 2.05) is 0 Å². The van der Waals surface area contributed by atoms with Gasteiger partial charge in [0.25, 0.3) is 11.4 Å². The number of carbonyl (C=O) groups is 2. The maximum absolute atomic E-state index is 11.7. The van der Waals surface area contributed by atoms with Crippen LogP contribution < -0.4 is 0 Å². The number of benzene rings is 2. The second kappa shape index (κ2) is 4.07. The van der Waals surface area contributed by atoms with E-state index >= 15 is 0 Å². The number of non-ortho nitro benzene ring substituents is 1. The van der Waals surface area contributed by atoms with Crippen LogP contribution in [0.15, 0.2) is 24.3 Å². The molecule has 3 rings (SSSR count). The summed E-state index contributed by atoms with van der Waals surface area (Å²) in [5.74, 6) is -2.10. The van der Waals surface area contributed by atoms with Crippen LogP contribution in [0.2, 0.25) is 0 Å². The van der Waals surface area contributed by atoms with E-state index in [4.69, 9.17) is 0 Å². The predicted octanol–water partition coefficient (Wildman–Crippen LogP) is 1.97. The highest BCUT2D eigenvalue weighted by Crippen LogP contribution is 2.36. The third-order valence-electron chi connectivity index (χ3n) is 3.10. The normalized spacial score (nSPS) is 13.1. The summed E-state index contributed by atoms with van der Waals surface area (Å²) in [5, 5.41) is 22.1. The summed E-state index contributed by atoms with van der Waals surface area (Å²) in [4.78, 5) is 43.5. The van der Waals surface area contributed by atoms with Gasteiger partial charge >= 0.3 is 11.9 Å². The molecule has 0 fully saturated rings. The zero-order valence-electron chi connectivity index (χ0n) is 10.1. The molecule has 9 heteroatoms. The van der Waals surface area contributed by atoms with E-state index in [1.165, 1.54) is 6.07 Å². The SMILES string of the molecule is O=C1OC(=O)c2c1c([N+](=O)[O-])cc1cc([N+](=O)[O-])ccc21. The third-order valence-corrected chi connectivity index (χ3v) is 3.10. The van der Waals surface area contributed by atoms with Crippen molar-refractivity contribution in [3.05, 3.63) is 55.6 Å². The molecule has 2 aromatic rings. The molecule has 21 heavy (non-hydrogen) atoms. The Kier molecular flexibility index (Phi) is 2.45. The topological polar surface area (TPSA) is 130 Å². The lowest BCUT2D eigenvalue weighted by molar-refractivity contribution is -0.385. The number of ether oxygens (including phenoxy) is 1. The molecule has 0 aromatic heterocycles. The molecule has 1 heterocycles. The molecule has 0 saturated carbocycles. The highest BCUT2D eigenvalue weighted by atomic mass is 16.6. The zero-order valence-corrected chi connectivity index (χ0v) is 10.1. The Morgan fingerprint density at radius 1 is 0.905 bits per heavy atom. The first kappa shape index (κ1) is 12.7. The number of nitro benzene ring substituents is 2. The van der Waals surface area contributed by atoms with Crippen LogP contribution in [-0.4, -0.2) is 21.8 Å². The first-order valence-electron chi connectivity index (χ1n) is 5.56. The number of fused-ring (bicyclic) bond motifs is 3. The summed E-state index contributed by atoms with van der Waals surface area (Å²) >= 11 is 0. The van der Waals surface area contributed by atoms with Gasteiger partial charge in [-0.2, -0.15) is 0 Å². The van der Waals surface area contributed by atoms with E-state index in [2.05, 4.69) is 4.74 Å². The standard InChI is InChI=1S/C12H4N2O7/c15-11-9-7-2-1-6(13(17)18)3-5(7)4-8(14(19)20)10(9)12(16)21-11/h1-4H. The molecule has 0 N–H and O–H groups in total. The molecular formula is C12H4N2O7. The Labute approximate surface area is 115 Å². The van der Waals surface area contributed by atoms with Crippen LogP contribution in [0.3, 0.4) is 0 Å². The number of rotatable bonds is 2. The fourth-order valence-electron chi connectivity index (χ4n) is 2.24. The molecule has 104 valence electrons. The van der Waals surface area contributed by atoms with E-state index in [0.29, 0.717) is 0 Å². The third kappa shape index (κ3) is 1.71. The van der Waals surface area contributed by atoms with Crippen molar-refractivity contribution in [1.82, 2.24) is 0 Å². The van der Waals surface area contributed by atoms with Crippen molar-refractivity contribution in [3.8, 4) is 0 Å². The number of cyclic esters (lactones) is 2. The summed E-state index contributed by atoms with van der Waals surface area (Å²) < 4.78 is 4.39. The van der Waals surface area contributed by atoms with Gasteiger partial charge in [-0.15, -0.1) is 0 Å². The molecule has 0 spiro atoms. The van der Waals surface area contributed by atoms with E-state index in [-0.39, 0.29) is 22.0 Å². The quantitative estimate of drug-likeness (QED) is 0.357. The van der Waals surface area contributed by atoms with Crippen molar-refractivity contribution in [3.63, 3.8) is 0 Å². The van der Waals surface area contributed by atoms with Crippen molar-refractivity contribution in [2.24, 2.45) is 0 Å². The molecule has 0 amide bonds. The van der Waals surface area contributed by atoms with Gasteiger partial charge in [0.2, 0.25) is 0 Å². The monoisotopic (exact) mass is 288 g/mol. The lowest BCUT2D eigenvalue weighted by Crippen LogP contribution is -2.01. The molecule has 0 unspecified atom stereocenters. The lowest BCUT2D eigenvalue weighted by Gasteiger charge is -2.02. The van der Waals surface area contributed by atoms with E-state index < -0.39 is 33.0 Å². The van der Waals surface area contributed by atoms with E-state index in [9.17, 15) is 29.8 Å². The summed E-state index contributed by atoms with van der Waals surface area (Å²) in [6.45, 7) is 0. The van der Waals surface area contributed by atoms with E-state index in [0.717, 1.165) is 18.2 Å². The highest BCUT2D eigenvalue weighted by molar-refractivity contribution is 6.23. The van der Waals surface area contributed by atoms with Gasteiger partial charge in [0, 0.05) is 18.2 Å². The van der Waals surface area contributed by atoms with Crippen LogP contribution in [-0.2, 0) is 4.74 Å². The molecule has 1 aliphatic rings. The predicted molar refractivity (Wildman–Crippen MR) is 67.0 cm³/mol. The van der Waals surface area contributed by atoms with Crippen LogP contribution in [0.25, 0.3) is 10.8 Å². The van der Waals surface area contributed by atoms with Crippen LogP contribution >= 0.6 is 0 Å². The largest absolute Gasteiger partial charge is 0.385 e. The smallest absolute Gasteiger partial charge is 0.353 e. The van der Waals surface area contributed by atoms with Crippen LogP contribution in [0.5, 0.6) is 0 Å². The fraction of sp³-hybridized carbons (Fsp3) is 0. The van der Waals surface area contributed by atoms with Gasteiger partial charge in [0.05, 0.1) is 15.4 Å². The van der Waals surface area contributed by atoms with Gasteiger partial charge in [0.1, 0.15) is 0 Å².